The first-order chi connectivity index (χ1) is 9.72. The van der Waals surface area contributed by atoms with Crippen molar-refractivity contribution in [1.82, 2.24) is 15.5 Å². The molecule has 0 bridgehead atoms. The molecule has 0 atom stereocenters. The van der Waals surface area contributed by atoms with E-state index in [0.29, 0.717) is 31.0 Å². The highest BCUT2D eigenvalue weighted by molar-refractivity contribution is 5.55. The first kappa shape index (κ1) is 13.3. The van der Waals surface area contributed by atoms with Gasteiger partial charge < -0.3 is 14.5 Å². The van der Waals surface area contributed by atoms with Crippen molar-refractivity contribution in [2.45, 2.75) is 39.5 Å². The smallest absolute Gasteiger partial charge is 0.247 e. The van der Waals surface area contributed by atoms with Gasteiger partial charge in [-0.2, -0.15) is 0 Å². The molecule has 106 valence electrons. The van der Waals surface area contributed by atoms with Gasteiger partial charge in [0.05, 0.1) is 13.2 Å². The standard InChI is InChI=1S/C15H19N3O2/c1-10(2)16-6-5-14-17-18-15(20-14)11-3-4-12-8-19-9-13(12)7-11/h3-4,7,10,16H,5-6,8-9H2,1-2H3. The fraction of sp³-hybridized carbons (Fsp3) is 0.467. The van der Waals surface area contributed by atoms with Crippen LogP contribution >= 0.6 is 0 Å². The van der Waals surface area contributed by atoms with Gasteiger partial charge in [-0.25, -0.2) is 0 Å². The average Bonchev–Trinajstić information content (AvgIpc) is 3.05. The zero-order valence-corrected chi connectivity index (χ0v) is 11.8. The van der Waals surface area contributed by atoms with Gasteiger partial charge in [0.1, 0.15) is 0 Å². The van der Waals surface area contributed by atoms with Crippen LogP contribution < -0.4 is 5.32 Å². The Morgan fingerprint density at radius 3 is 2.90 bits per heavy atom. The summed E-state index contributed by atoms with van der Waals surface area (Å²) in [4.78, 5) is 0. The Hall–Kier alpha value is -1.72. The van der Waals surface area contributed by atoms with E-state index in [9.17, 15) is 0 Å². The number of hydrogen-bond acceptors (Lipinski definition) is 5. The molecule has 0 unspecified atom stereocenters. The summed E-state index contributed by atoms with van der Waals surface area (Å²) in [5.74, 6) is 1.25. The van der Waals surface area contributed by atoms with Crippen LogP contribution in [0.5, 0.6) is 0 Å². The molecule has 0 fully saturated rings. The fourth-order valence-corrected chi connectivity index (χ4v) is 2.24. The fourth-order valence-electron chi connectivity index (χ4n) is 2.24. The zero-order chi connectivity index (χ0) is 13.9. The largest absolute Gasteiger partial charge is 0.421 e. The molecule has 1 N–H and O–H groups in total. The van der Waals surface area contributed by atoms with Crippen LogP contribution in [0.2, 0.25) is 0 Å². The third-order valence-electron chi connectivity index (χ3n) is 3.33. The van der Waals surface area contributed by atoms with Gasteiger partial charge in [0.25, 0.3) is 0 Å². The molecule has 0 aliphatic carbocycles. The van der Waals surface area contributed by atoms with E-state index in [2.05, 4.69) is 41.5 Å². The molecule has 3 rings (SSSR count). The van der Waals surface area contributed by atoms with Crippen molar-refractivity contribution >= 4 is 0 Å². The minimum atomic E-state index is 0.467. The summed E-state index contributed by atoms with van der Waals surface area (Å²) in [6.45, 7) is 6.45. The zero-order valence-electron chi connectivity index (χ0n) is 11.8. The molecule has 1 aliphatic heterocycles. The molecule has 20 heavy (non-hydrogen) atoms. The van der Waals surface area contributed by atoms with E-state index in [-0.39, 0.29) is 0 Å². The Kier molecular flexibility index (Phi) is 3.80. The van der Waals surface area contributed by atoms with Crippen molar-refractivity contribution < 1.29 is 9.15 Å². The molecule has 1 aliphatic rings. The third-order valence-corrected chi connectivity index (χ3v) is 3.33. The summed E-state index contributed by atoms with van der Waals surface area (Å²) in [7, 11) is 0. The lowest BCUT2D eigenvalue weighted by molar-refractivity contribution is 0.134. The summed E-state index contributed by atoms with van der Waals surface area (Å²) in [5, 5.41) is 11.6. The highest BCUT2D eigenvalue weighted by Gasteiger charge is 2.14. The quantitative estimate of drug-likeness (QED) is 0.905. The van der Waals surface area contributed by atoms with E-state index in [1.807, 2.05) is 6.07 Å². The number of rotatable bonds is 5. The maximum atomic E-state index is 5.71. The predicted octanol–water partition coefficient (Wildman–Crippen LogP) is 2.31. The molecular weight excluding hydrogens is 254 g/mol. The second kappa shape index (κ2) is 5.73. The van der Waals surface area contributed by atoms with Gasteiger partial charge in [-0.1, -0.05) is 19.9 Å². The lowest BCUT2D eigenvalue weighted by Crippen LogP contribution is -2.25. The highest BCUT2D eigenvalue weighted by Crippen LogP contribution is 2.26. The first-order valence-corrected chi connectivity index (χ1v) is 6.98. The van der Waals surface area contributed by atoms with Crippen molar-refractivity contribution in [1.29, 1.82) is 0 Å². The lowest BCUT2D eigenvalue weighted by atomic mass is 10.1. The number of nitrogens with one attached hydrogen (secondary N) is 1. The molecule has 5 nitrogen and oxygen atoms in total. The molecule has 0 saturated carbocycles. The Balaban J connectivity index is 1.70. The second-order valence-electron chi connectivity index (χ2n) is 5.34. The number of aromatic nitrogens is 2. The molecule has 0 radical (unpaired) electrons. The highest BCUT2D eigenvalue weighted by atomic mass is 16.5. The van der Waals surface area contributed by atoms with Gasteiger partial charge in [0, 0.05) is 24.6 Å². The van der Waals surface area contributed by atoms with Gasteiger partial charge in [-0.15, -0.1) is 10.2 Å². The Labute approximate surface area is 118 Å². The van der Waals surface area contributed by atoms with Crippen LogP contribution in [0.4, 0.5) is 0 Å². The van der Waals surface area contributed by atoms with Crippen molar-refractivity contribution in [3.8, 4) is 11.5 Å². The van der Waals surface area contributed by atoms with E-state index in [4.69, 9.17) is 9.15 Å². The topological polar surface area (TPSA) is 60.2 Å². The third kappa shape index (κ3) is 2.89. The second-order valence-corrected chi connectivity index (χ2v) is 5.34. The van der Waals surface area contributed by atoms with Crippen LogP contribution in [0.1, 0.15) is 30.9 Å². The van der Waals surface area contributed by atoms with Crippen molar-refractivity contribution in [3.05, 3.63) is 35.2 Å². The molecule has 0 amide bonds. The molecule has 2 heterocycles. The molecule has 1 aromatic carbocycles. The monoisotopic (exact) mass is 273 g/mol. The van der Waals surface area contributed by atoms with E-state index in [1.165, 1.54) is 11.1 Å². The average molecular weight is 273 g/mol. The van der Waals surface area contributed by atoms with Crippen LogP contribution in [0, 0.1) is 0 Å². The van der Waals surface area contributed by atoms with Gasteiger partial charge in [-0.3, -0.25) is 0 Å². The Bertz CT molecular complexity index is 593. The minimum Gasteiger partial charge on any atom is -0.421 e. The van der Waals surface area contributed by atoms with Gasteiger partial charge >= 0.3 is 0 Å². The van der Waals surface area contributed by atoms with Crippen LogP contribution in [0.15, 0.2) is 22.6 Å². The molecule has 5 heteroatoms. The summed E-state index contributed by atoms with van der Waals surface area (Å²) in [5.41, 5.74) is 3.42. The molecule has 0 spiro atoms. The van der Waals surface area contributed by atoms with E-state index in [1.54, 1.807) is 0 Å². The van der Waals surface area contributed by atoms with Crippen LogP contribution in [-0.4, -0.2) is 22.8 Å². The number of ether oxygens (including phenoxy) is 1. The summed E-state index contributed by atoms with van der Waals surface area (Å²) in [6.07, 6.45) is 0.749. The number of hydrogen-bond donors (Lipinski definition) is 1. The molecule has 2 aromatic rings. The number of fused-ring (bicyclic) bond motifs is 1. The summed E-state index contributed by atoms with van der Waals surface area (Å²) >= 11 is 0. The van der Waals surface area contributed by atoms with E-state index < -0.39 is 0 Å². The van der Waals surface area contributed by atoms with Crippen LogP contribution in [0.25, 0.3) is 11.5 Å². The van der Waals surface area contributed by atoms with E-state index in [0.717, 1.165) is 18.5 Å². The van der Waals surface area contributed by atoms with Gasteiger partial charge in [-0.05, 0) is 23.3 Å². The maximum absolute atomic E-state index is 5.71. The maximum Gasteiger partial charge on any atom is 0.247 e. The van der Waals surface area contributed by atoms with Gasteiger partial charge in [0.15, 0.2) is 0 Å². The molecule has 1 aromatic heterocycles. The van der Waals surface area contributed by atoms with Crippen molar-refractivity contribution in [2.75, 3.05) is 6.54 Å². The number of benzene rings is 1. The summed E-state index contributed by atoms with van der Waals surface area (Å²) < 4.78 is 11.1. The summed E-state index contributed by atoms with van der Waals surface area (Å²) in [6, 6.07) is 6.62. The predicted molar refractivity (Wildman–Crippen MR) is 75.1 cm³/mol. The van der Waals surface area contributed by atoms with Crippen molar-refractivity contribution in [2.24, 2.45) is 0 Å². The minimum absolute atomic E-state index is 0.467. The van der Waals surface area contributed by atoms with Crippen LogP contribution in [0.3, 0.4) is 0 Å². The molecule has 0 saturated heterocycles. The first-order valence-electron chi connectivity index (χ1n) is 6.98. The lowest BCUT2D eigenvalue weighted by Gasteiger charge is -2.04. The van der Waals surface area contributed by atoms with Gasteiger partial charge in [0.2, 0.25) is 11.8 Å². The molecular formula is C15H19N3O2. The number of nitrogens with zero attached hydrogens (tertiary/aromatic N) is 2. The normalized spacial score (nSPS) is 13.9. The Morgan fingerprint density at radius 2 is 2.05 bits per heavy atom. The van der Waals surface area contributed by atoms with E-state index >= 15 is 0 Å². The van der Waals surface area contributed by atoms with Crippen LogP contribution in [-0.2, 0) is 24.4 Å². The van der Waals surface area contributed by atoms with Crippen molar-refractivity contribution in [3.63, 3.8) is 0 Å². The SMILES string of the molecule is CC(C)NCCc1nnc(-c2ccc3c(c2)COC3)o1. The Morgan fingerprint density at radius 1 is 1.20 bits per heavy atom.